The van der Waals surface area contributed by atoms with Gasteiger partial charge in [0.05, 0.1) is 20.9 Å². The third kappa shape index (κ3) is 3.23. The number of hydrogen-bond acceptors (Lipinski definition) is 2. The molecule has 3 heteroatoms. The van der Waals surface area contributed by atoms with Gasteiger partial charge in [0.2, 0.25) is 0 Å². The van der Waals surface area contributed by atoms with Gasteiger partial charge in [-0.05, 0) is 92.0 Å². The maximum Gasteiger partial charge on any atom is 0.109 e. The molecular weight excluding hydrogens is 579 g/mol. The highest BCUT2D eigenvalue weighted by Crippen LogP contribution is 2.63. The van der Waals surface area contributed by atoms with E-state index in [4.69, 9.17) is 4.36 Å². The maximum absolute atomic E-state index is 14.8. The third-order valence-electron chi connectivity index (χ3n) is 10.1. The largest absolute Gasteiger partial charge is 0.239 e. The Hall–Kier alpha value is -5.51. The monoisotopic (exact) mass is 605 g/mol. The van der Waals surface area contributed by atoms with Crippen molar-refractivity contribution >= 4 is 15.4 Å². The van der Waals surface area contributed by atoms with Gasteiger partial charge < -0.3 is 0 Å². The Labute approximate surface area is 268 Å². The minimum absolute atomic E-state index is 0.392. The summed E-state index contributed by atoms with van der Waals surface area (Å²) in [5.74, 6) is 0. The summed E-state index contributed by atoms with van der Waals surface area (Å²) in [7, 11) is -2.85. The van der Waals surface area contributed by atoms with E-state index in [9.17, 15) is 4.21 Å². The molecule has 1 unspecified atom stereocenters. The van der Waals surface area contributed by atoms with Gasteiger partial charge in [-0.1, -0.05) is 127 Å². The fourth-order valence-electron chi connectivity index (χ4n) is 8.19. The normalized spacial score (nSPS) is 17.2. The van der Waals surface area contributed by atoms with Crippen molar-refractivity contribution in [1.29, 1.82) is 0 Å². The Morgan fingerprint density at radius 1 is 0.413 bits per heavy atom. The Morgan fingerprint density at radius 3 is 1.57 bits per heavy atom. The molecule has 0 saturated heterocycles. The quantitative estimate of drug-likeness (QED) is 0.193. The molecule has 1 aliphatic heterocycles. The van der Waals surface area contributed by atoms with E-state index in [0.717, 1.165) is 37.7 Å². The zero-order chi connectivity index (χ0) is 30.5. The summed E-state index contributed by atoms with van der Waals surface area (Å²) in [4.78, 5) is 1.50. The maximum atomic E-state index is 14.8. The van der Waals surface area contributed by atoms with Crippen LogP contribution in [0.2, 0.25) is 0 Å². The van der Waals surface area contributed by atoms with Crippen LogP contribution in [0, 0.1) is 0 Å². The molecule has 216 valence electrons. The average Bonchev–Trinajstić information content (AvgIpc) is 3.59. The standard InChI is InChI=1S/C43H27NOS/c45-46(30-12-2-1-3-13-30)42-25-23-28(26-36(42)35-17-7-11-21-41(35)44-46)29-22-24-34-33-16-6-10-20-39(33)43(40(34)27-29)37-18-8-4-14-31(37)32-15-5-9-19-38(32)43/h1-27H. The van der Waals surface area contributed by atoms with Gasteiger partial charge in [0.1, 0.15) is 9.73 Å². The van der Waals surface area contributed by atoms with Crippen LogP contribution in [0.15, 0.2) is 178 Å². The van der Waals surface area contributed by atoms with Crippen LogP contribution in [0.25, 0.3) is 44.5 Å². The Kier molecular flexibility index (Phi) is 5.19. The Balaban J connectivity index is 1.23. The first-order valence-corrected chi connectivity index (χ1v) is 17.2. The average molecular weight is 606 g/mol. The van der Waals surface area contributed by atoms with Crippen LogP contribution in [-0.4, -0.2) is 4.21 Å². The Bertz CT molecular complexity index is 2470. The summed E-state index contributed by atoms with van der Waals surface area (Å²) >= 11 is 0. The second-order valence-electron chi connectivity index (χ2n) is 12.3. The number of rotatable bonds is 2. The molecule has 1 heterocycles. The minimum atomic E-state index is -2.85. The van der Waals surface area contributed by atoms with Crippen molar-refractivity contribution in [1.82, 2.24) is 0 Å². The third-order valence-corrected chi connectivity index (χ3v) is 12.4. The first-order chi connectivity index (χ1) is 22.7. The van der Waals surface area contributed by atoms with Crippen molar-refractivity contribution < 1.29 is 4.21 Å². The second kappa shape index (κ2) is 9.26. The van der Waals surface area contributed by atoms with Crippen molar-refractivity contribution in [3.05, 3.63) is 186 Å². The summed E-state index contributed by atoms with van der Waals surface area (Å²) in [5, 5.41) is 0. The lowest BCUT2D eigenvalue weighted by molar-refractivity contribution is 0.676. The summed E-state index contributed by atoms with van der Waals surface area (Å²) < 4.78 is 19.6. The lowest BCUT2D eigenvalue weighted by Gasteiger charge is -2.30. The number of hydrogen-bond donors (Lipinski definition) is 0. The van der Waals surface area contributed by atoms with Crippen LogP contribution in [0.4, 0.5) is 5.69 Å². The van der Waals surface area contributed by atoms with Gasteiger partial charge in [-0.25, -0.2) is 4.21 Å². The highest BCUT2D eigenvalue weighted by atomic mass is 32.2. The molecular formula is C43H27NOS. The molecule has 1 atom stereocenters. The van der Waals surface area contributed by atoms with Gasteiger partial charge >= 0.3 is 0 Å². The molecule has 7 aromatic rings. The van der Waals surface area contributed by atoms with Gasteiger partial charge in [-0.3, -0.25) is 0 Å². The summed E-state index contributed by atoms with van der Waals surface area (Å²) in [6.07, 6.45) is 0. The zero-order valence-corrected chi connectivity index (χ0v) is 25.7. The Morgan fingerprint density at radius 2 is 0.913 bits per heavy atom. The predicted molar refractivity (Wildman–Crippen MR) is 187 cm³/mol. The molecule has 0 N–H and O–H groups in total. The fourth-order valence-corrected chi connectivity index (χ4v) is 10.3. The topological polar surface area (TPSA) is 29.4 Å². The number of nitrogens with zero attached hydrogens (tertiary/aromatic N) is 1. The van der Waals surface area contributed by atoms with Crippen LogP contribution >= 0.6 is 0 Å². The van der Waals surface area contributed by atoms with E-state index in [1.807, 2.05) is 54.6 Å². The molecule has 0 fully saturated rings. The fraction of sp³-hybridized carbons (Fsp3) is 0.0233. The first kappa shape index (κ1) is 25.8. The van der Waals surface area contributed by atoms with Crippen molar-refractivity contribution in [2.75, 3.05) is 0 Å². The first-order valence-electron chi connectivity index (χ1n) is 15.7. The van der Waals surface area contributed by atoms with Crippen LogP contribution < -0.4 is 0 Å². The van der Waals surface area contributed by atoms with E-state index < -0.39 is 15.1 Å². The predicted octanol–water partition coefficient (Wildman–Crippen LogP) is 10.9. The summed E-state index contributed by atoms with van der Waals surface area (Å²) in [5.41, 5.74) is 15.1. The van der Waals surface area contributed by atoms with Crippen molar-refractivity contribution in [3.8, 4) is 44.5 Å². The van der Waals surface area contributed by atoms with Crippen LogP contribution in [0.5, 0.6) is 0 Å². The van der Waals surface area contributed by atoms with Crippen LogP contribution in [0.3, 0.4) is 0 Å². The minimum Gasteiger partial charge on any atom is -0.239 e. The molecule has 0 saturated carbocycles. The lowest BCUT2D eigenvalue weighted by atomic mass is 9.70. The molecule has 0 radical (unpaired) electrons. The number of fused-ring (bicyclic) bond motifs is 13. The van der Waals surface area contributed by atoms with Gasteiger partial charge in [0.25, 0.3) is 0 Å². The lowest BCUT2D eigenvalue weighted by Crippen LogP contribution is -2.25. The smallest absolute Gasteiger partial charge is 0.109 e. The molecule has 0 bridgehead atoms. The van der Waals surface area contributed by atoms with Crippen molar-refractivity contribution in [3.63, 3.8) is 0 Å². The van der Waals surface area contributed by atoms with Gasteiger partial charge in [-0.15, -0.1) is 0 Å². The van der Waals surface area contributed by atoms with E-state index in [0.29, 0.717) is 0 Å². The summed E-state index contributed by atoms with van der Waals surface area (Å²) in [6, 6.07) is 57.8. The molecule has 0 aromatic heterocycles. The molecule has 7 aromatic carbocycles. The SMILES string of the molecule is O=S1(c2ccccc2)=Nc2ccccc2-c2cc(-c3ccc4c(c3)C3(c5ccccc5-c5ccccc53)c3ccccc3-4)ccc21. The molecule has 0 amide bonds. The molecule has 46 heavy (non-hydrogen) atoms. The zero-order valence-electron chi connectivity index (χ0n) is 24.9. The molecule has 1 spiro atoms. The molecule has 2 aliphatic carbocycles. The van der Waals surface area contributed by atoms with Crippen molar-refractivity contribution in [2.45, 2.75) is 15.2 Å². The van der Waals surface area contributed by atoms with Gasteiger partial charge in [-0.2, -0.15) is 4.36 Å². The van der Waals surface area contributed by atoms with Gasteiger partial charge in [0, 0.05) is 11.1 Å². The highest BCUT2D eigenvalue weighted by molar-refractivity contribution is 7.94. The highest BCUT2D eigenvalue weighted by Gasteiger charge is 2.51. The molecule has 3 aliphatic rings. The van der Waals surface area contributed by atoms with Crippen molar-refractivity contribution in [2.24, 2.45) is 4.36 Å². The van der Waals surface area contributed by atoms with E-state index >= 15 is 0 Å². The van der Waals surface area contributed by atoms with Crippen LogP contribution in [-0.2, 0) is 15.1 Å². The molecule has 2 nitrogen and oxygen atoms in total. The van der Waals surface area contributed by atoms with E-state index in [-0.39, 0.29) is 0 Å². The molecule has 10 rings (SSSR count). The second-order valence-corrected chi connectivity index (χ2v) is 14.5. The van der Waals surface area contributed by atoms with Crippen LogP contribution in [0.1, 0.15) is 22.3 Å². The summed E-state index contributed by atoms with van der Waals surface area (Å²) in [6.45, 7) is 0. The van der Waals surface area contributed by atoms with Gasteiger partial charge in [0.15, 0.2) is 0 Å². The van der Waals surface area contributed by atoms with E-state index in [2.05, 4.69) is 109 Å². The van der Waals surface area contributed by atoms with E-state index in [1.165, 1.54) is 44.5 Å². The number of benzene rings is 7. The van der Waals surface area contributed by atoms with E-state index in [1.54, 1.807) is 0 Å².